The first kappa shape index (κ1) is 21.3. The van der Waals surface area contributed by atoms with Crippen molar-refractivity contribution in [3.63, 3.8) is 0 Å². The third kappa shape index (κ3) is 4.86. The van der Waals surface area contributed by atoms with Crippen LogP contribution in [0.3, 0.4) is 0 Å². The van der Waals surface area contributed by atoms with Gasteiger partial charge in [-0.1, -0.05) is 0 Å². The highest BCUT2D eigenvalue weighted by Gasteiger charge is 2.23. The molecular weight excluding hydrogens is 403 g/mol. The Morgan fingerprint density at radius 3 is 2.42 bits per heavy atom. The molecule has 0 radical (unpaired) electrons. The number of nitro groups is 1. The summed E-state index contributed by atoms with van der Waals surface area (Å²) in [5.74, 6) is 0.278. The summed E-state index contributed by atoms with van der Waals surface area (Å²) in [6, 6.07) is 7.87. The van der Waals surface area contributed by atoms with E-state index in [4.69, 9.17) is 5.73 Å². The van der Waals surface area contributed by atoms with Gasteiger partial charge in [0, 0.05) is 44.0 Å². The molecule has 3 heterocycles. The summed E-state index contributed by atoms with van der Waals surface area (Å²) in [7, 11) is 0. The Bertz CT molecular complexity index is 943. The number of nitrogens with zero attached hydrogens (tertiary/aromatic N) is 4. The van der Waals surface area contributed by atoms with Crippen LogP contribution >= 0.6 is 0 Å². The number of hydrogen-bond acceptors (Lipinski definition) is 8. The monoisotopic (exact) mass is 430 g/mol. The molecule has 31 heavy (non-hydrogen) atoms. The van der Waals surface area contributed by atoms with E-state index in [1.54, 1.807) is 18.2 Å². The minimum atomic E-state index is -0.505. The van der Waals surface area contributed by atoms with Crippen LogP contribution in [0.2, 0.25) is 0 Å². The smallest absolute Gasteiger partial charge is 0.311 e. The van der Waals surface area contributed by atoms with Gasteiger partial charge in [0.05, 0.1) is 16.7 Å². The van der Waals surface area contributed by atoms with Crippen LogP contribution in [0.15, 0.2) is 30.3 Å². The Morgan fingerprint density at radius 2 is 1.77 bits per heavy atom. The Morgan fingerprint density at radius 1 is 1.10 bits per heavy atom. The summed E-state index contributed by atoms with van der Waals surface area (Å²) in [6.07, 6.45) is 2.53. The number of piperidine rings is 2. The first-order valence-corrected chi connectivity index (χ1v) is 10.6. The van der Waals surface area contributed by atoms with E-state index in [2.05, 4.69) is 10.3 Å². The number of pyridine rings is 1. The van der Waals surface area contributed by atoms with Gasteiger partial charge >= 0.3 is 5.69 Å². The predicted octanol–water partition coefficient (Wildman–Crippen LogP) is 2.76. The molecule has 2 fully saturated rings. The number of benzene rings is 1. The van der Waals surface area contributed by atoms with Crippen molar-refractivity contribution in [2.45, 2.75) is 37.8 Å². The molecule has 1 aromatic carbocycles. The van der Waals surface area contributed by atoms with Gasteiger partial charge in [0.2, 0.25) is 5.82 Å². The van der Waals surface area contributed by atoms with Gasteiger partial charge < -0.3 is 26.0 Å². The number of nitrogens with two attached hydrogens (primary N) is 1. The average molecular weight is 430 g/mol. The number of halogens is 1. The number of hydrogen-bond donors (Lipinski definition) is 3. The molecule has 0 spiro atoms. The topological polar surface area (TPSA) is 121 Å². The molecule has 166 valence electrons. The standard InChI is InChI=1S/C21H27FN6O3/c22-17-13-15(1-2-18(17)26-11-7-16(29)8-12-26)24-21-19(28(30)31)3-4-20(25-21)27-9-5-14(23)6-10-27/h1-4,13-14,16,29H,5-12,23H2,(H,24,25). The van der Waals surface area contributed by atoms with Crippen molar-refractivity contribution in [3.05, 3.63) is 46.3 Å². The minimum absolute atomic E-state index is 0.0746. The van der Waals surface area contributed by atoms with Gasteiger partial charge in [-0.25, -0.2) is 9.37 Å². The third-order valence-corrected chi connectivity index (χ3v) is 5.94. The highest BCUT2D eigenvalue weighted by molar-refractivity contribution is 5.69. The maximum Gasteiger partial charge on any atom is 0.311 e. The molecule has 0 unspecified atom stereocenters. The average Bonchev–Trinajstić information content (AvgIpc) is 2.75. The zero-order chi connectivity index (χ0) is 22.0. The number of anilines is 4. The normalized spacial score (nSPS) is 18.3. The fourth-order valence-electron chi connectivity index (χ4n) is 4.07. The molecule has 2 aliphatic rings. The molecule has 1 aromatic heterocycles. The quantitative estimate of drug-likeness (QED) is 0.489. The molecule has 0 aliphatic carbocycles. The van der Waals surface area contributed by atoms with Crippen molar-refractivity contribution in [1.29, 1.82) is 0 Å². The maximum absolute atomic E-state index is 14.8. The van der Waals surface area contributed by atoms with E-state index >= 15 is 0 Å². The maximum atomic E-state index is 14.8. The van der Waals surface area contributed by atoms with Crippen LogP contribution in [-0.2, 0) is 0 Å². The van der Waals surface area contributed by atoms with E-state index in [0.717, 1.165) is 25.9 Å². The van der Waals surface area contributed by atoms with E-state index in [1.807, 2.05) is 9.80 Å². The van der Waals surface area contributed by atoms with Crippen molar-refractivity contribution in [1.82, 2.24) is 4.98 Å². The molecule has 9 nitrogen and oxygen atoms in total. The zero-order valence-electron chi connectivity index (χ0n) is 17.2. The lowest BCUT2D eigenvalue weighted by molar-refractivity contribution is -0.384. The Kier molecular flexibility index (Phi) is 6.19. The lowest BCUT2D eigenvalue weighted by Crippen LogP contribution is -2.40. The van der Waals surface area contributed by atoms with Crippen LogP contribution in [-0.4, -0.2) is 53.3 Å². The summed E-state index contributed by atoms with van der Waals surface area (Å²) in [5, 5.41) is 24.1. The minimum Gasteiger partial charge on any atom is -0.393 e. The Hall–Kier alpha value is -2.98. The molecule has 0 atom stereocenters. The van der Waals surface area contributed by atoms with E-state index in [0.29, 0.717) is 43.1 Å². The van der Waals surface area contributed by atoms with Crippen molar-refractivity contribution in [2.75, 3.05) is 41.3 Å². The molecule has 0 saturated carbocycles. The van der Waals surface area contributed by atoms with Crippen molar-refractivity contribution in [2.24, 2.45) is 5.73 Å². The summed E-state index contributed by atoms with van der Waals surface area (Å²) < 4.78 is 14.8. The van der Waals surface area contributed by atoms with Gasteiger partial charge in [-0.3, -0.25) is 10.1 Å². The first-order valence-electron chi connectivity index (χ1n) is 10.6. The second-order valence-corrected chi connectivity index (χ2v) is 8.13. The van der Waals surface area contributed by atoms with Crippen LogP contribution in [0.5, 0.6) is 0 Å². The highest BCUT2D eigenvalue weighted by Crippen LogP contribution is 2.32. The van der Waals surface area contributed by atoms with E-state index in [1.165, 1.54) is 12.1 Å². The van der Waals surface area contributed by atoms with E-state index in [-0.39, 0.29) is 23.7 Å². The predicted molar refractivity (Wildman–Crippen MR) is 117 cm³/mol. The molecule has 0 amide bonds. The number of rotatable bonds is 5. The summed E-state index contributed by atoms with van der Waals surface area (Å²) in [6.45, 7) is 2.64. The molecular formula is C21H27FN6O3. The number of aliphatic hydroxyl groups is 1. The third-order valence-electron chi connectivity index (χ3n) is 5.94. The van der Waals surface area contributed by atoms with Crippen LogP contribution in [0.1, 0.15) is 25.7 Å². The Labute approximate surface area is 179 Å². The van der Waals surface area contributed by atoms with Gasteiger partial charge in [0.15, 0.2) is 0 Å². The molecule has 4 N–H and O–H groups in total. The van der Waals surface area contributed by atoms with Crippen LogP contribution in [0.4, 0.5) is 33.1 Å². The highest BCUT2D eigenvalue weighted by atomic mass is 19.1. The van der Waals surface area contributed by atoms with Gasteiger partial charge in [0.1, 0.15) is 11.6 Å². The van der Waals surface area contributed by atoms with Crippen LogP contribution in [0.25, 0.3) is 0 Å². The fraction of sp³-hybridized carbons (Fsp3) is 0.476. The summed E-state index contributed by atoms with van der Waals surface area (Å²) >= 11 is 0. The molecule has 4 rings (SSSR count). The zero-order valence-corrected chi connectivity index (χ0v) is 17.2. The molecule has 2 aliphatic heterocycles. The molecule has 2 aromatic rings. The van der Waals surface area contributed by atoms with Gasteiger partial charge in [-0.05, 0) is 49.9 Å². The summed E-state index contributed by atoms with van der Waals surface area (Å²) in [4.78, 5) is 19.4. The van der Waals surface area contributed by atoms with Gasteiger partial charge in [0.25, 0.3) is 0 Å². The lowest BCUT2D eigenvalue weighted by atomic mass is 10.1. The van der Waals surface area contributed by atoms with Crippen molar-refractivity contribution >= 4 is 28.7 Å². The van der Waals surface area contributed by atoms with Crippen LogP contribution < -0.4 is 20.9 Å². The van der Waals surface area contributed by atoms with Crippen molar-refractivity contribution < 1.29 is 14.4 Å². The fourth-order valence-corrected chi connectivity index (χ4v) is 4.07. The lowest BCUT2D eigenvalue weighted by Gasteiger charge is -2.32. The summed E-state index contributed by atoms with van der Waals surface area (Å²) in [5.41, 5.74) is 6.62. The van der Waals surface area contributed by atoms with Gasteiger partial charge in [-0.15, -0.1) is 0 Å². The second kappa shape index (κ2) is 9.03. The molecule has 0 bridgehead atoms. The van der Waals surface area contributed by atoms with E-state index in [9.17, 15) is 19.6 Å². The van der Waals surface area contributed by atoms with E-state index < -0.39 is 10.7 Å². The molecule has 2 saturated heterocycles. The first-order chi connectivity index (χ1) is 14.9. The molecule has 10 heteroatoms. The second-order valence-electron chi connectivity index (χ2n) is 8.13. The number of aliphatic hydroxyl groups excluding tert-OH is 1. The largest absolute Gasteiger partial charge is 0.393 e. The van der Waals surface area contributed by atoms with Crippen LogP contribution in [0, 0.1) is 15.9 Å². The Balaban J connectivity index is 1.55. The van der Waals surface area contributed by atoms with Gasteiger partial charge in [-0.2, -0.15) is 0 Å². The number of aromatic nitrogens is 1. The SMILES string of the molecule is NC1CCN(c2ccc([N+](=O)[O-])c(Nc3ccc(N4CCC(O)CC4)c(F)c3)n2)CC1. The number of nitrogens with one attached hydrogen (secondary N) is 1. The van der Waals surface area contributed by atoms with Crippen molar-refractivity contribution in [3.8, 4) is 0 Å².